The molecule has 1 fully saturated rings. The van der Waals surface area contributed by atoms with Crippen LogP contribution in [0.4, 0.5) is 0 Å². The number of nitrogens with zero attached hydrogens (tertiary/aromatic N) is 2. The number of amides is 1. The van der Waals surface area contributed by atoms with Crippen molar-refractivity contribution >= 4 is 5.91 Å². The van der Waals surface area contributed by atoms with Crippen molar-refractivity contribution < 1.29 is 4.79 Å². The highest BCUT2D eigenvalue weighted by Crippen LogP contribution is 2.49. The third kappa shape index (κ3) is 2.76. The lowest BCUT2D eigenvalue weighted by Crippen LogP contribution is -2.25. The number of aryl methyl sites for hydroxylation is 2. The summed E-state index contributed by atoms with van der Waals surface area (Å²) in [4.78, 5) is 19.2. The zero-order chi connectivity index (χ0) is 16.0. The maximum atomic E-state index is 12.6. The van der Waals surface area contributed by atoms with Crippen LogP contribution in [0, 0.1) is 19.8 Å². The van der Waals surface area contributed by atoms with Gasteiger partial charge in [-0.05, 0) is 54.9 Å². The fraction of sp³-hybridized carbons (Fsp3) is 0.400. The molecule has 3 nitrogen and oxygen atoms in total. The summed E-state index contributed by atoms with van der Waals surface area (Å²) in [6.07, 6.45) is 1.82. The molecule has 2 aliphatic rings. The van der Waals surface area contributed by atoms with Gasteiger partial charge < -0.3 is 4.90 Å². The molecule has 2 aromatic rings. The van der Waals surface area contributed by atoms with Crippen molar-refractivity contribution in [3.05, 3.63) is 64.5 Å². The van der Waals surface area contributed by atoms with Gasteiger partial charge in [0.05, 0.1) is 12.2 Å². The summed E-state index contributed by atoms with van der Waals surface area (Å²) in [5.74, 6) is 1.38. The monoisotopic (exact) mass is 306 g/mol. The van der Waals surface area contributed by atoms with Crippen molar-refractivity contribution in [1.82, 2.24) is 9.88 Å². The van der Waals surface area contributed by atoms with Gasteiger partial charge in [0, 0.05) is 18.7 Å². The molecule has 1 aromatic carbocycles. The number of carbonyl (C=O) groups excluding carboxylic acids is 1. The van der Waals surface area contributed by atoms with Crippen LogP contribution in [0.3, 0.4) is 0 Å². The average molecular weight is 306 g/mol. The molecule has 0 bridgehead atoms. The van der Waals surface area contributed by atoms with Gasteiger partial charge in [0.25, 0.3) is 0 Å². The molecule has 0 saturated heterocycles. The van der Waals surface area contributed by atoms with Crippen LogP contribution < -0.4 is 0 Å². The molecule has 23 heavy (non-hydrogen) atoms. The highest BCUT2D eigenvalue weighted by atomic mass is 16.2. The Hall–Kier alpha value is -2.16. The molecule has 2 heterocycles. The number of fused-ring (bicyclic) bond motifs is 1. The second kappa shape index (κ2) is 5.48. The Morgan fingerprint density at radius 3 is 2.78 bits per heavy atom. The number of carbonyl (C=O) groups is 1. The number of benzene rings is 1. The van der Waals surface area contributed by atoms with Crippen LogP contribution in [0.5, 0.6) is 0 Å². The van der Waals surface area contributed by atoms with Crippen molar-refractivity contribution in [3.8, 4) is 0 Å². The standard InChI is InChI=1S/C20H22N2O/c1-13-8-14(2)21-19-12-22(11-18(13)19)20(23)10-16-9-17(16)15-6-4-3-5-7-15/h3-8,16-17H,9-12H2,1-2H3/t16-,17-/m1/s1. The minimum atomic E-state index is 0.281. The second-order valence-electron chi connectivity index (χ2n) is 6.97. The van der Waals surface area contributed by atoms with Gasteiger partial charge in [0.15, 0.2) is 0 Å². The molecule has 1 aliphatic carbocycles. The largest absolute Gasteiger partial charge is 0.332 e. The molecular weight excluding hydrogens is 284 g/mol. The number of aromatic nitrogens is 1. The molecule has 1 aliphatic heterocycles. The molecule has 0 N–H and O–H groups in total. The number of rotatable bonds is 3. The topological polar surface area (TPSA) is 33.2 Å². The van der Waals surface area contributed by atoms with Crippen molar-refractivity contribution in [2.24, 2.45) is 5.92 Å². The zero-order valence-electron chi connectivity index (χ0n) is 13.7. The van der Waals surface area contributed by atoms with Gasteiger partial charge in [0.1, 0.15) is 0 Å². The molecule has 2 atom stereocenters. The Kier molecular flexibility index (Phi) is 3.44. The summed E-state index contributed by atoms with van der Waals surface area (Å²) < 4.78 is 0. The maximum Gasteiger partial charge on any atom is 0.223 e. The number of hydrogen-bond acceptors (Lipinski definition) is 2. The van der Waals surface area contributed by atoms with Crippen LogP contribution in [-0.2, 0) is 17.9 Å². The molecule has 0 radical (unpaired) electrons. The van der Waals surface area contributed by atoms with Crippen LogP contribution in [0.2, 0.25) is 0 Å². The first-order chi connectivity index (χ1) is 11.1. The minimum absolute atomic E-state index is 0.281. The maximum absolute atomic E-state index is 12.6. The van der Waals surface area contributed by atoms with Crippen LogP contribution in [-0.4, -0.2) is 15.8 Å². The quantitative estimate of drug-likeness (QED) is 0.865. The first-order valence-electron chi connectivity index (χ1n) is 8.40. The smallest absolute Gasteiger partial charge is 0.223 e. The van der Waals surface area contributed by atoms with Crippen molar-refractivity contribution in [2.45, 2.75) is 45.7 Å². The van der Waals surface area contributed by atoms with E-state index >= 15 is 0 Å². The van der Waals surface area contributed by atoms with E-state index in [1.807, 2.05) is 17.9 Å². The SMILES string of the molecule is Cc1cc(C)c2c(n1)CN(C(=O)C[C@H]1C[C@@H]1c1ccccc1)C2. The lowest BCUT2D eigenvalue weighted by molar-refractivity contribution is -0.132. The molecule has 1 amide bonds. The van der Waals surface area contributed by atoms with Gasteiger partial charge >= 0.3 is 0 Å². The van der Waals surface area contributed by atoms with Crippen LogP contribution in [0.1, 0.15) is 46.8 Å². The molecule has 0 unspecified atom stereocenters. The highest BCUT2D eigenvalue weighted by molar-refractivity contribution is 5.77. The minimum Gasteiger partial charge on any atom is -0.332 e. The van der Waals surface area contributed by atoms with E-state index in [9.17, 15) is 4.79 Å². The van der Waals surface area contributed by atoms with E-state index in [2.05, 4.69) is 42.2 Å². The first-order valence-corrected chi connectivity index (χ1v) is 8.40. The van der Waals surface area contributed by atoms with Gasteiger partial charge in [0.2, 0.25) is 5.91 Å². The summed E-state index contributed by atoms with van der Waals surface area (Å²) in [7, 11) is 0. The Balaban J connectivity index is 1.40. The van der Waals surface area contributed by atoms with E-state index < -0.39 is 0 Å². The Labute approximate surface area is 137 Å². The van der Waals surface area contributed by atoms with Gasteiger partial charge in [-0.25, -0.2) is 0 Å². The third-order valence-electron chi connectivity index (χ3n) is 5.19. The number of hydrogen-bond donors (Lipinski definition) is 0. The van der Waals surface area contributed by atoms with Crippen LogP contribution in [0.15, 0.2) is 36.4 Å². The van der Waals surface area contributed by atoms with Gasteiger partial charge in [-0.1, -0.05) is 30.3 Å². The van der Waals surface area contributed by atoms with Gasteiger partial charge in [-0.15, -0.1) is 0 Å². The average Bonchev–Trinajstić information content (AvgIpc) is 3.15. The molecule has 0 spiro atoms. The summed E-state index contributed by atoms with van der Waals surface area (Å²) in [6, 6.07) is 12.7. The van der Waals surface area contributed by atoms with E-state index in [1.54, 1.807) is 0 Å². The van der Waals surface area contributed by atoms with Crippen LogP contribution >= 0.6 is 0 Å². The Bertz CT molecular complexity index is 754. The summed E-state index contributed by atoms with van der Waals surface area (Å²) in [6.45, 7) is 5.55. The summed E-state index contributed by atoms with van der Waals surface area (Å²) >= 11 is 0. The van der Waals surface area contributed by atoms with E-state index in [1.165, 1.54) is 16.7 Å². The van der Waals surface area contributed by atoms with Crippen molar-refractivity contribution in [3.63, 3.8) is 0 Å². The Morgan fingerprint density at radius 1 is 1.22 bits per heavy atom. The molecule has 3 heteroatoms. The predicted octanol–water partition coefficient (Wildman–Crippen LogP) is 3.73. The van der Waals surface area contributed by atoms with Gasteiger partial charge in [-0.2, -0.15) is 0 Å². The lowest BCUT2D eigenvalue weighted by Gasteiger charge is -2.15. The fourth-order valence-corrected chi connectivity index (χ4v) is 3.83. The number of pyridine rings is 1. The molecule has 1 aromatic heterocycles. The van der Waals surface area contributed by atoms with Gasteiger partial charge in [-0.3, -0.25) is 9.78 Å². The van der Waals surface area contributed by atoms with Crippen molar-refractivity contribution in [2.75, 3.05) is 0 Å². The zero-order valence-corrected chi connectivity index (χ0v) is 13.7. The summed E-state index contributed by atoms with van der Waals surface area (Å²) in [5.41, 5.74) is 6.02. The molecule has 118 valence electrons. The summed E-state index contributed by atoms with van der Waals surface area (Å²) in [5, 5.41) is 0. The van der Waals surface area contributed by atoms with Crippen LogP contribution in [0.25, 0.3) is 0 Å². The predicted molar refractivity (Wildman–Crippen MR) is 89.9 cm³/mol. The second-order valence-corrected chi connectivity index (χ2v) is 6.97. The molecule has 4 rings (SSSR count). The lowest BCUT2D eigenvalue weighted by atomic mass is 10.1. The molecule has 1 saturated carbocycles. The molecular formula is C20H22N2O. The van der Waals surface area contributed by atoms with E-state index in [0.717, 1.165) is 24.4 Å². The van der Waals surface area contributed by atoms with Crippen molar-refractivity contribution in [1.29, 1.82) is 0 Å². The Morgan fingerprint density at radius 2 is 2.00 bits per heavy atom. The van der Waals surface area contributed by atoms with E-state index in [0.29, 0.717) is 24.8 Å². The van der Waals surface area contributed by atoms with E-state index in [-0.39, 0.29) is 5.91 Å². The fourth-order valence-electron chi connectivity index (χ4n) is 3.83. The first kappa shape index (κ1) is 14.4. The highest BCUT2D eigenvalue weighted by Gasteiger charge is 2.40. The third-order valence-corrected chi connectivity index (χ3v) is 5.19. The normalized spacial score (nSPS) is 22.1. The van der Waals surface area contributed by atoms with E-state index in [4.69, 9.17) is 0 Å².